The van der Waals surface area contributed by atoms with E-state index in [2.05, 4.69) is 30.6 Å². The lowest BCUT2D eigenvalue weighted by Crippen LogP contribution is -2.35. The van der Waals surface area contributed by atoms with Crippen LogP contribution >= 0.6 is 0 Å². The van der Waals surface area contributed by atoms with Gasteiger partial charge in [0.05, 0.1) is 19.3 Å². The molecule has 1 aliphatic carbocycles. The second-order valence-electron chi connectivity index (χ2n) is 12.6. The fraction of sp³-hybridized carbons (Fsp3) is 0.275. The first-order chi connectivity index (χ1) is 23.3. The molecule has 4 aromatic carbocycles. The second kappa shape index (κ2) is 14.6. The molecule has 0 saturated heterocycles. The number of rotatable bonds is 10. The number of fused-ring (bicyclic) bond motifs is 5. The van der Waals surface area contributed by atoms with Gasteiger partial charge in [-0.15, -0.1) is 0 Å². The van der Waals surface area contributed by atoms with E-state index in [0.29, 0.717) is 30.3 Å². The lowest BCUT2D eigenvalue weighted by atomic mass is 9.96. The van der Waals surface area contributed by atoms with Crippen LogP contribution in [-0.2, 0) is 16.1 Å². The highest BCUT2D eigenvalue weighted by Gasteiger charge is 2.31. The zero-order chi connectivity index (χ0) is 33.6. The van der Waals surface area contributed by atoms with Crippen molar-refractivity contribution in [3.63, 3.8) is 0 Å². The first-order valence-corrected chi connectivity index (χ1v) is 16.5. The molecule has 0 aromatic heterocycles. The van der Waals surface area contributed by atoms with Crippen LogP contribution in [0.4, 0.5) is 10.5 Å². The molecule has 0 fully saturated rings. The number of carbonyl (C=O) groups excluding carboxylic acids is 3. The lowest BCUT2D eigenvalue weighted by Gasteiger charge is -2.27. The van der Waals surface area contributed by atoms with Crippen LogP contribution in [0.25, 0.3) is 23.3 Å². The Hall–Kier alpha value is -5.37. The number of nitrogens with zero attached hydrogens (tertiary/aromatic N) is 1. The van der Waals surface area contributed by atoms with Gasteiger partial charge in [0, 0.05) is 31.0 Å². The Morgan fingerprint density at radius 2 is 1.54 bits per heavy atom. The van der Waals surface area contributed by atoms with Gasteiger partial charge in [-0.3, -0.25) is 9.59 Å². The molecule has 246 valence electrons. The molecular weight excluding hydrogens is 602 g/mol. The number of hydrogen-bond acceptors (Lipinski definition) is 5. The largest absolute Gasteiger partial charge is 0.497 e. The van der Waals surface area contributed by atoms with Crippen molar-refractivity contribution < 1.29 is 23.9 Å². The molecule has 2 N–H and O–H groups in total. The maximum absolute atomic E-state index is 13.6. The van der Waals surface area contributed by atoms with Crippen LogP contribution in [0.15, 0.2) is 84.9 Å². The molecule has 0 bridgehead atoms. The first-order valence-electron chi connectivity index (χ1n) is 16.5. The number of anilines is 1. The standard InChI is InChI=1S/C40H41N3O5/c1-26(2)18-20-41-39(45)29-14-16-32-33-17-15-31(47-3)23-35(33)36(34(32)22-29)25-48-40(46)42-21-19-38(44)43-24-30-10-5-4-8-27(30)12-13-28-9-6-7-11-37(28)43/h4-17,22-23,26,36H,18-21,24-25H2,1-3H3,(H,41,45)(H,42,46)/b13-12-. The van der Waals surface area contributed by atoms with Gasteiger partial charge in [0.25, 0.3) is 5.91 Å². The molecule has 4 aromatic rings. The van der Waals surface area contributed by atoms with Crippen LogP contribution in [0.2, 0.25) is 0 Å². The minimum absolute atomic E-state index is 0.0635. The SMILES string of the molecule is COc1ccc2c(c1)C(COC(=O)NCCC(=O)N1Cc3ccccc3/C=C\c3ccccc31)c1cc(C(=O)NCCC(C)C)ccc1-2. The summed E-state index contributed by atoms with van der Waals surface area (Å²) in [5, 5.41) is 5.78. The van der Waals surface area contributed by atoms with Crippen molar-refractivity contribution in [3.05, 3.63) is 118 Å². The van der Waals surface area contributed by atoms with Gasteiger partial charge in [0.1, 0.15) is 12.4 Å². The van der Waals surface area contributed by atoms with Crippen molar-refractivity contribution >= 4 is 35.7 Å². The predicted molar refractivity (Wildman–Crippen MR) is 189 cm³/mol. The number of methoxy groups -OCH3 is 1. The third kappa shape index (κ3) is 7.13. The Labute approximate surface area is 281 Å². The molecule has 2 aliphatic rings. The maximum Gasteiger partial charge on any atom is 0.407 e. The molecule has 1 atom stereocenters. The van der Waals surface area contributed by atoms with E-state index in [1.54, 1.807) is 12.0 Å². The number of carbonyl (C=O) groups is 3. The van der Waals surface area contributed by atoms with Gasteiger partial charge in [-0.25, -0.2) is 4.79 Å². The molecule has 8 heteroatoms. The highest BCUT2D eigenvalue weighted by Crippen LogP contribution is 2.46. The zero-order valence-corrected chi connectivity index (χ0v) is 27.6. The smallest absolute Gasteiger partial charge is 0.407 e. The molecule has 0 spiro atoms. The number of ether oxygens (including phenoxy) is 2. The molecular formula is C40H41N3O5. The van der Waals surface area contributed by atoms with Gasteiger partial charge < -0.3 is 25.0 Å². The Kier molecular flexibility index (Phi) is 9.90. The van der Waals surface area contributed by atoms with E-state index in [1.807, 2.05) is 91.0 Å². The summed E-state index contributed by atoms with van der Waals surface area (Å²) in [6.07, 6.45) is 4.51. The molecule has 48 heavy (non-hydrogen) atoms. The number of nitrogens with one attached hydrogen (secondary N) is 2. The van der Waals surface area contributed by atoms with Gasteiger partial charge in [0.15, 0.2) is 0 Å². The van der Waals surface area contributed by atoms with Gasteiger partial charge in [0.2, 0.25) is 5.91 Å². The minimum Gasteiger partial charge on any atom is -0.497 e. The Morgan fingerprint density at radius 3 is 2.33 bits per heavy atom. The van der Waals surface area contributed by atoms with Crippen LogP contribution in [0.3, 0.4) is 0 Å². The highest BCUT2D eigenvalue weighted by molar-refractivity contribution is 5.97. The summed E-state index contributed by atoms with van der Waals surface area (Å²) in [6.45, 7) is 5.48. The van der Waals surface area contributed by atoms with E-state index < -0.39 is 6.09 Å². The topological polar surface area (TPSA) is 97.0 Å². The van der Waals surface area contributed by atoms with Crippen molar-refractivity contribution in [1.82, 2.24) is 10.6 Å². The molecule has 1 heterocycles. The Morgan fingerprint density at radius 1 is 0.833 bits per heavy atom. The van der Waals surface area contributed by atoms with E-state index in [0.717, 1.165) is 51.1 Å². The van der Waals surface area contributed by atoms with Gasteiger partial charge in [-0.05, 0) is 81.6 Å². The Balaban J connectivity index is 1.11. The maximum atomic E-state index is 13.6. The van der Waals surface area contributed by atoms with E-state index in [1.165, 1.54) is 0 Å². The minimum atomic E-state index is -0.607. The van der Waals surface area contributed by atoms with E-state index >= 15 is 0 Å². The highest BCUT2D eigenvalue weighted by atomic mass is 16.5. The summed E-state index contributed by atoms with van der Waals surface area (Å²) in [6, 6.07) is 27.4. The second-order valence-corrected chi connectivity index (χ2v) is 12.6. The van der Waals surface area contributed by atoms with Crippen LogP contribution in [0.1, 0.15) is 70.8 Å². The number of amides is 3. The van der Waals surface area contributed by atoms with E-state index in [9.17, 15) is 14.4 Å². The molecule has 0 radical (unpaired) electrons. The van der Waals surface area contributed by atoms with Crippen LogP contribution in [0, 0.1) is 5.92 Å². The Bertz CT molecular complexity index is 1860. The van der Waals surface area contributed by atoms with Crippen molar-refractivity contribution in [2.75, 3.05) is 31.7 Å². The van der Waals surface area contributed by atoms with E-state index in [4.69, 9.17) is 9.47 Å². The zero-order valence-electron chi connectivity index (χ0n) is 27.6. The van der Waals surface area contributed by atoms with Gasteiger partial charge in [-0.1, -0.05) is 80.6 Å². The number of hydrogen-bond donors (Lipinski definition) is 2. The molecule has 6 rings (SSSR count). The first kappa shape index (κ1) is 32.6. The summed E-state index contributed by atoms with van der Waals surface area (Å²) >= 11 is 0. The number of benzene rings is 4. The summed E-state index contributed by atoms with van der Waals surface area (Å²) in [5.74, 6) is 0.678. The molecule has 3 amide bonds. The van der Waals surface area contributed by atoms with Gasteiger partial charge >= 0.3 is 6.09 Å². The fourth-order valence-corrected chi connectivity index (χ4v) is 6.35. The molecule has 1 aliphatic heterocycles. The number of para-hydroxylation sites is 1. The summed E-state index contributed by atoms with van der Waals surface area (Å²) < 4.78 is 11.2. The van der Waals surface area contributed by atoms with Crippen LogP contribution < -0.4 is 20.3 Å². The summed E-state index contributed by atoms with van der Waals surface area (Å²) in [5.41, 5.74) is 8.37. The van der Waals surface area contributed by atoms with Crippen LogP contribution in [-0.4, -0.2) is 44.7 Å². The monoisotopic (exact) mass is 643 g/mol. The van der Waals surface area contributed by atoms with Gasteiger partial charge in [-0.2, -0.15) is 0 Å². The molecule has 1 unspecified atom stereocenters. The fourth-order valence-electron chi connectivity index (χ4n) is 6.35. The number of alkyl carbamates (subject to hydrolysis) is 1. The van der Waals surface area contributed by atoms with Crippen LogP contribution in [0.5, 0.6) is 5.75 Å². The quantitative estimate of drug-likeness (QED) is 0.188. The summed E-state index contributed by atoms with van der Waals surface area (Å²) in [4.78, 5) is 41.3. The van der Waals surface area contributed by atoms with Crippen molar-refractivity contribution in [2.45, 2.75) is 39.2 Å². The third-order valence-electron chi connectivity index (χ3n) is 8.96. The van der Waals surface area contributed by atoms with Crippen molar-refractivity contribution in [3.8, 4) is 16.9 Å². The lowest BCUT2D eigenvalue weighted by molar-refractivity contribution is -0.118. The third-order valence-corrected chi connectivity index (χ3v) is 8.96. The predicted octanol–water partition coefficient (Wildman–Crippen LogP) is 7.42. The average Bonchev–Trinajstić information content (AvgIpc) is 3.39. The summed E-state index contributed by atoms with van der Waals surface area (Å²) in [7, 11) is 1.62. The average molecular weight is 644 g/mol. The van der Waals surface area contributed by atoms with E-state index in [-0.39, 0.29) is 37.3 Å². The normalized spacial score (nSPS) is 14.8. The molecule has 8 nitrogen and oxygen atoms in total. The van der Waals surface area contributed by atoms with Crippen molar-refractivity contribution in [1.29, 1.82) is 0 Å². The molecule has 0 saturated carbocycles. The van der Waals surface area contributed by atoms with Crippen molar-refractivity contribution in [2.24, 2.45) is 5.92 Å².